The van der Waals surface area contributed by atoms with Crippen molar-refractivity contribution in [1.82, 2.24) is 5.32 Å². The standard InChI is InChI=1S/C17H15N3O3/c1-12(14-6-8-16(9-7-14)20(22)23)11-19-17(21)15-4-2-13(10-18)3-5-15/h2-9,12H,11H2,1H3,(H,19,21). The summed E-state index contributed by atoms with van der Waals surface area (Å²) in [5, 5.41) is 22.2. The minimum Gasteiger partial charge on any atom is -0.351 e. The van der Waals surface area contributed by atoms with E-state index in [1.54, 1.807) is 36.4 Å². The largest absolute Gasteiger partial charge is 0.351 e. The molecule has 1 unspecified atom stereocenters. The summed E-state index contributed by atoms with van der Waals surface area (Å²) >= 11 is 0. The zero-order valence-electron chi connectivity index (χ0n) is 12.5. The average Bonchev–Trinajstić information content (AvgIpc) is 2.59. The minimum absolute atomic E-state index is 0.0261. The van der Waals surface area contributed by atoms with E-state index < -0.39 is 4.92 Å². The second kappa shape index (κ2) is 7.18. The summed E-state index contributed by atoms with van der Waals surface area (Å²) in [7, 11) is 0. The number of nitriles is 1. The summed E-state index contributed by atoms with van der Waals surface area (Å²) in [4.78, 5) is 22.2. The van der Waals surface area contributed by atoms with Gasteiger partial charge in [-0.2, -0.15) is 5.26 Å². The molecule has 0 fully saturated rings. The van der Waals surface area contributed by atoms with Gasteiger partial charge in [0, 0.05) is 24.2 Å². The van der Waals surface area contributed by atoms with Crippen LogP contribution in [-0.4, -0.2) is 17.4 Å². The van der Waals surface area contributed by atoms with Crippen LogP contribution in [0.4, 0.5) is 5.69 Å². The minimum atomic E-state index is -0.443. The first-order valence-electron chi connectivity index (χ1n) is 7.04. The number of rotatable bonds is 5. The maximum atomic E-state index is 12.0. The number of hydrogen-bond acceptors (Lipinski definition) is 4. The van der Waals surface area contributed by atoms with Crippen molar-refractivity contribution in [1.29, 1.82) is 5.26 Å². The van der Waals surface area contributed by atoms with Gasteiger partial charge in [0.25, 0.3) is 11.6 Å². The molecule has 23 heavy (non-hydrogen) atoms. The molecular weight excluding hydrogens is 294 g/mol. The number of nitrogens with zero attached hydrogens (tertiary/aromatic N) is 2. The third-order valence-electron chi connectivity index (χ3n) is 3.52. The highest BCUT2D eigenvalue weighted by Gasteiger charge is 2.11. The van der Waals surface area contributed by atoms with E-state index in [1.165, 1.54) is 12.1 Å². The van der Waals surface area contributed by atoms with Crippen molar-refractivity contribution in [2.45, 2.75) is 12.8 Å². The first-order valence-corrected chi connectivity index (χ1v) is 7.04. The third-order valence-corrected chi connectivity index (χ3v) is 3.52. The Morgan fingerprint density at radius 2 is 1.83 bits per heavy atom. The molecule has 0 spiro atoms. The van der Waals surface area contributed by atoms with E-state index in [9.17, 15) is 14.9 Å². The molecule has 116 valence electrons. The van der Waals surface area contributed by atoms with Crippen LogP contribution in [0.15, 0.2) is 48.5 Å². The number of nitro benzene ring substituents is 1. The molecule has 6 nitrogen and oxygen atoms in total. The van der Waals surface area contributed by atoms with E-state index in [1.807, 2.05) is 13.0 Å². The molecule has 1 amide bonds. The molecule has 1 N–H and O–H groups in total. The zero-order chi connectivity index (χ0) is 16.8. The smallest absolute Gasteiger partial charge is 0.269 e. The number of carbonyl (C=O) groups excluding carboxylic acids is 1. The van der Waals surface area contributed by atoms with Gasteiger partial charge in [0.15, 0.2) is 0 Å². The van der Waals surface area contributed by atoms with Crippen molar-refractivity contribution in [2.24, 2.45) is 0 Å². The van der Waals surface area contributed by atoms with Crippen LogP contribution in [-0.2, 0) is 0 Å². The number of benzene rings is 2. The number of hydrogen-bond donors (Lipinski definition) is 1. The highest BCUT2D eigenvalue weighted by atomic mass is 16.6. The fourth-order valence-electron chi connectivity index (χ4n) is 2.09. The van der Waals surface area contributed by atoms with E-state index in [2.05, 4.69) is 5.32 Å². The van der Waals surface area contributed by atoms with Gasteiger partial charge in [-0.1, -0.05) is 19.1 Å². The molecule has 0 aliphatic heterocycles. The number of nitro groups is 1. The third kappa shape index (κ3) is 4.14. The molecule has 0 aliphatic rings. The Bertz CT molecular complexity index is 746. The molecule has 0 aliphatic carbocycles. The molecule has 2 aromatic rings. The van der Waals surface area contributed by atoms with Gasteiger partial charge in [0.2, 0.25) is 0 Å². The number of nitrogens with one attached hydrogen (secondary N) is 1. The lowest BCUT2D eigenvalue weighted by molar-refractivity contribution is -0.384. The van der Waals surface area contributed by atoms with E-state index >= 15 is 0 Å². The summed E-state index contributed by atoms with van der Waals surface area (Å²) in [6, 6.07) is 14.7. The van der Waals surface area contributed by atoms with Gasteiger partial charge in [0.1, 0.15) is 0 Å². The predicted molar refractivity (Wildman–Crippen MR) is 85.0 cm³/mol. The Hall–Kier alpha value is -3.20. The summed E-state index contributed by atoms with van der Waals surface area (Å²) in [5.41, 5.74) is 1.94. The second-order valence-electron chi connectivity index (χ2n) is 5.15. The molecular formula is C17H15N3O3. The van der Waals surface area contributed by atoms with Gasteiger partial charge >= 0.3 is 0 Å². The van der Waals surface area contributed by atoms with Crippen LogP contribution < -0.4 is 5.32 Å². The van der Waals surface area contributed by atoms with Gasteiger partial charge in [0.05, 0.1) is 16.6 Å². The van der Waals surface area contributed by atoms with Crippen LogP contribution >= 0.6 is 0 Å². The molecule has 2 aromatic carbocycles. The van der Waals surface area contributed by atoms with Crippen molar-refractivity contribution in [2.75, 3.05) is 6.54 Å². The Labute approximate surface area is 133 Å². The van der Waals surface area contributed by atoms with Crippen molar-refractivity contribution < 1.29 is 9.72 Å². The predicted octanol–water partition coefficient (Wildman–Crippen LogP) is 3.00. The Kier molecular flexibility index (Phi) is 5.05. The van der Waals surface area contributed by atoms with Gasteiger partial charge in [-0.3, -0.25) is 14.9 Å². The zero-order valence-corrected chi connectivity index (χ0v) is 12.5. The summed E-state index contributed by atoms with van der Waals surface area (Å²) in [5.74, 6) is -0.193. The molecule has 1 atom stereocenters. The number of amides is 1. The molecule has 0 saturated heterocycles. The van der Waals surface area contributed by atoms with Gasteiger partial charge in [-0.15, -0.1) is 0 Å². The average molecular weight is 309 g/mol. The Balaban J connectivity index is 1.95. The normalized spacial score (nSPS) is 11.3. The fraction of sp³-hybridized carbons (Fsp3) is 0.176. The molecule has 0 aromatic heterocycles. The van der Waals surface area contributed by atoms with Crippen molar-refractivity contribution in [3.8, 4) is 6.07 Å². The van der Waals surface area contributed by atoms with Crippen LogP contribution in [0.3, 0.4) is 0 Å². The number of carbonyl (C=O) groups is 1. The van der Waals surface area contributed by atoms with Crippen LogP contribution in [0, 0.1) is 21.4 Å². The van der Waals surface area contributed by atoms with E-state index in [4.69, 9.17) is 5.26 Å². The van der Waals surface area contributed by atoms with Crippen molar-refractivity contribution in [3.63, 3.8) is 0 Å². The summed E-state index contributed by atoms with van der Waals surface area (Å²) < 4.78 is 0. The lowest BCUT2D eigenvalue weighted by Crippen LogP contribution is -2.27. The van der Waals surface area contributed by atoms with Gasteiger partial charge in [-0.05, 0) is 35.7 Å². The van der Waals surface area contributed by atoms with Crippen LogP contribution in [0.5, 0.6) is 0 Å². The van der Waals surface area contributed by atoms with E-state index in [0.717, 1.165) is 5.56 Å². The quantitative estimate of drug-likeness (QED) is 0.678. The topological polar surface area (TPSA) is 96.0 Å². The molecule has 6 heteroatoms. The van der Waals surface area contributed by atoms with E-state index in [0.29, 0.717) is 17.7 Å². The van der Waals surface area contributed by atoms with Crippen LogP contribution in [0.25, 0.3) is 0 Å². The molecule has 0 radical (unpaired) electrons. The maximum absolute atomic E-state index is 12.0. The summed E-state index contributed by atoms with van der Waals surface area (Å²) in [6.45, 7) is 2.34. The van der Waals surface area contributed by atoms with Crippen LogP contribution in [0.2, 0.25) is 0 Å². The fourth-order valence-corrected chi connectivity index (χ4v) is 2.09. The highest BCUT2D eigenvalue weighted by molar-refractivity contribution is 5.94. The summed E-state index contributed by atoms with van der Waals surface area (Å²) in [6.07, 6.45) is 0. The lowest BCUT2D eigenvalue weighted by atomic mass is 10.0. The van der Waals surface area contributed by atoms with E-state index in [-0.39, 0.29) is 17.5 Å². The molecule has 2 rings (SSSR count). The second-order valence-corrected chi connectivity index (χ2v) is 5.15. The number of non-ortho nitro benzene ring substituents is 1. The van der Waals surface area contributed by atoms with Crippen LogP contribution in [0.1, 0.15) is 34.3 Å². The molecule has 0 heterocycles. The Morgan fingerprint density at radius 3 is 2.35 bits per heavy atom. The first-order chi connectivity index (χ1) is 11.0. The molecule has 0 bridgehead atoms. The monoisotopic (exact) mass is 309 g/mol. The highest BCUT2D eigenvalue weighted by Crippen LogP contribution is 2.18. The van der Waals surface area contributed by atoms with Crippen molar-refractivity contribution in [3.05, 3.63) is 75.3 Å². The first kappa shape index (κ1) is 16.2. The maximum Gasteiger partial charge on any atom is 0.269 e. The SMILES string of the molecule is CC(CNC(=O)c1ccc(C#N)cc1)c1ccc([N+](=O)[O-])cc1. The Morgan fingerprint density at radius 1 is 1.22 bits per heavy atom. The molecule has 0 saturated carbocycles. The lowest BCUT2D eigenvalue weighted by Gasteiger charge is -2.13. The van der Waals surface area contributed by atoms with Gasteiger partial charge < -0.3 is 5.32 Å². The van der Waals surface area contributed by atoms with Crippen molar-refractivity contribution >= 4 is 11.6 Å². The van der Waals surface area contributed by atoms with Gasteiger partial charge in [-0.25, -0.2) is 0 Å².